The summed E-state index contributed by atoms with van der Waals surface area (Å²) in [7, 11) is -3.66. The average Bonchev–Trinajstić information content (AvgIpc) is 2.39. The van der Waals surface area contributed by atoms with Crippen molar-refractivity contribution in [1.82, 2.24) is 9.29 Å². The number of sulfonamides is 1. The molecule has 0 saturated carbocycles. The van der Waals surface area contributed by atoms with E-state index in [-0.39, 0.29) is 10.3 Å². The smallest absolute Gasteiger partial charge is 0.248 e. The topological polar surface area (TPSA) is 70.2 Å². The molecule has 1 fully saturated rings. The van der Waals surface area contributed by atoms with E-state index in [1.807, 2.05) is 0 Å². The van der Waals surface area contributed by atoms with Crippen molar-refractivity contribution < 1.29 is 8.42 Å². The number of hydrogen-bond acceptors (Lipinski definition) is 3. The summed E-state index contributed by atoms with van der Waals surface area (Å²) in [6.07, 6.45) is 5.44. The first-order valence-corrected chi connectivity index (χ1v) is 8.00. The van der Waals surface area contributed by atoms with Crippen LogP contribution in [-0.2, 0) is 10.0 Å². The van der Waals surface area contributed by atoms with Crippen molar-refractivity contribution in [3.8, 4) is 0 Å². The molecule has 0 amide bonds. The summed E-state index contributed by atoms with van der Waals surface area (Å²) in [5, 5.41) is 0. The number of aromatic amines is 1. The standard InChI is InChI=1S/C13H20N2O3S/c1-3-13(2)5-8-15(9-6-13)19(17,18)12-10-14-7-4-11(12)16/h4,7,10H,3,5-6,8-9H2,1-2H3,(H,14,16). The van der Waals surface area contributed by atoms with Crippen LogP contribution in [0.3, 0.4) is 0 Å². The quantitative estimate of drug-likeness (QED) is 0.916. The molecule has 0 spiro atoms. The van der Waals surface area contributed by atoms with Gasteiger partial charge in [0.2, 0.25) is 15.5 Å². The molecule has 1 aliphatic heterocycles. The van der Waals surface area contributed by atoms with E-state index in [1.165, 1.54) is 22.8 Å². The second-order valence-corrected chi connectivity index (χ2v) is 7.35. The number of H-pyrrole nitrogens is 1. The van der Waals surface area contributed by atoms with Crippen LogP contribution in [0.1, 0.15) is 33.1 Å². The molecule has 0 aliphatic carbocycles. The molecule has 1 aromatic heterocycles. The van der Waals surface area contributed by atoms with Crippen LogP contribution >= 0.6 is 0 Å². The van der Waals surface area contributed by atoms with E-state index in [4.69, 9.17) is 0 Å². The molecule has 0 aromatic carbocycles. The molecule has 1 aliphatic rings. The zero-order valence-corrected chi connectivity index (χ0v) is 12.2. The van der Waals surface area contributed by atoms with Crippen molar-refractivity contribution >= 4 is 10.0 Å². The van der Waals surface area contributed by atoms with Crippen molar-refractivity contribution in [3.63, 3.8) is 0 Å². The largest absolute Gasteiger partial charge is 0.366 e. The first kappa shape index (κ1) is 14.3. The number of pyridine rings is 1. The number of rotatable bonds is 3. The predicted octanol–water partition coefficient (Wildman–Crippen LogP) is 1.58. The first-order chi connectivity index (χ1) is 8.89. The zero-order valence-electron chi connectivity index (χ0n) is 11.3. The fraction of sp³-hybridized carbons (Fsp3) is 0.615. The molecule has 2 rings (SSSR count). The van der Waals surface area contributed by atoms with Gasteiger partial charge in [-0.3, -0.25) is 4.79 Å². The maximum Gasteiger partial charge on any atom is 0.248 e. The Morgan fingerprint density at radius 2 is 2.00 bits per heavy atom. The second-order valence-electron chi connectivity index (χ2n) is 5.44. The maximum absolute atomic E-state index is 12.4. The van der Waals surface area contributed by atoms with Crippen LogP contribution in [0.25, 0.3) is 0 Å². The normalized spacial score (nSPS) is 20.3. The van der Waals surface area contributed by atoms with Gasteiger partial charge in [-0.2, -0.15) is 4.31 Å². The van der Waals surface area contributed by atoms with Crippen molar-refractivity contribution in [2.75, 3.05) is 13.1 Å². The van der Waals surface area contributed by atoms with Crippen molar-refractivity contribution in [2.24, 2.45) is 5.41 Å². The fourth-order valence-electron chi connectivity index (χ4n) is 2.36. The Morgan fingerprint density at radius 1 is 1.37 bits per heavy atom. The second kappa shape index (κ2) is 5.09. The van der Waals surface area contributed by atoms with Gasteiger partial charge in [0.15, 0.2) is 0 Å². The predicted molar refractivity (Wildman–Crippen MR) is 73.5 cm³/mol. The molecule has 1 N–H and O–H groups in total. The Bertz CT molecular complexity index is 598. The Hall–Kier alpha value is -1.14. The van der Waals surface area contributed by atoms with Gasteiger partial charge >= 0.3 is 0 Å². The molecule has 5 nitrogen and oxygen atoms in total. The maximum atomic E-state index is 12.4. The molecule has 1 saturated heterocycles. The van der Waals surface area contributed by atoms with E-state index in [9.17, 15) is 13.2 Å². The Labute approximate surface area is 113 Å². The molecule has 0 unspecified atom stereocenters. The third-order valence-corrected chi connectivity index (χ3v) is 6.11. The summed E-state index contributed by atoms with van der Waals surface area (Å²) < 4.78 is 26.3. The third kappa shape index (κ3) is 2.74. The van der Waals surface area contributed by atoms with Gasteiger partial charge in [-0.25, -0.2) is 8.42 Å². The number of aromatic nitrogens is 1. The lowest BCUT2D eigenvalue weighted by molar-refractivity contribution is 0.169. The minimum atomic E-state index is -3.66. The van der Waals surface area contributed by atoms with Gasteiger partial charge in [0.25, 0.3) is 0 Å². The van der Waals surface area contributed by atoms with Crippen LogP contribution in [0.15, 0.2) is 28.2 Å². The monoisotopic (exact) mass is 284 g/mol. The molecule has 0 bridgehead atoms. The molecule has 0 atom stereocenters. The summed E-state index contributed by atoms with van der Waals surface area (Å²) in [6, 6.07) is 1.24. The highest BCUT2D eigenvalue weighted by molar-refractivity contribution is 7.89. The zero-order chi connectivity index (χ0) is 14.1. The summed E-state index contributed by atoms with van der Waals surface area (Å²) >= 11 is 0. The molecule has 6 heteroatoms. The van der Waals surface area contributed by atoms with E-state index >= 15 is 0 Å². The molecule has 1 aromatic rings. The number of piperidine rings is 1. The van der Waals surface area contributed by atoms with Gasteiger partial charge in [-0.15, -0.1) is 0 Å². The first-order valence-electron chi connectivity index (χ1n) is 6.56. The molecular formula is C13H20N2O3S. The van der Waals surface area contributed by atoms with Crippen LogP contribution < -0.4 is 5.43 Å². The Kier molecular flexibility index (Phi) is 3.82. The summed E-state index contributed by atoms with van der Waals surface area (Å²) in [6.45, 7) is 5.29. The molecule has 106 valence electrons. The summed E-state index contributed by atoms with van der Waals surface area (Å²) in [5.74, 6) is 0. The van der Waals surface area contributed by atoms with Crippen LogP contribution in [0.2, 0.25) is 0 Å². The highest BCUT2D eigenvalue weighted by Crippen LogP contribution is 2.35. The third-order valence-electron chi connectivity index (χ3n) is 4.19. The van der Waals surface area contributed by atoms with Crippen molar-refractivity contribution in [3.05, 3.63) is 28.7 Å². The van der Waals surface area contributed by atoms with E-state index in [0.717, 1.165) is 19.3 Å². The van der Waals surface area contributed by atoms with Crippen LogP contribution in [0.4, 0.5) is 0 Å². The van der Waals surface area contributed by atoms with E-state index in [0.29, 0.717) is 13.1 Å². The van der Waals surface area contributed by atoms with Gasteiger partial charge < -0.3 is 4.98 Å². The lowest BCUT2D eigenvalue weighted by Crippen LogP contribution is -2.43. The van der Waals surface area contributed by atoms with Gasteiger partial charge in [0, 0.05) is 31.5 Å². The van der Waals surface area contributed by atoms with Gasteiger partial charge in [0.05, 0.1) is 0 Å². The van der Waals surface area contributed by atoms with E-state index < -0.39 is 15.5 Å². The highest BCUT2D eigenvalue weighted by atomic mass is 32.2. The highest BCUT2D eigenvalue weighted by Gasteiger charge is 2.35. The SMILES string of the molecule is CCC1(C)CCN(S(=O)(=O)c2c[nH]ccc2=O)CC1. The molecule has 2 heterocycles. The van der Waals surface area contributed by atoms with Gasteiger partial charge in [-0.1, -0.05) is 20.3 Å². The van der Waals surface area contributed by atoms with E-state index in [1.54, 1.807) is 0 Å². The summed E-state index contributed by atoms with van der Waals surface area (Å²) in [5.41, 5.74) is -0.239. The van der Waals surface area contributed by atoms with Gasteiger partial charge in [0.1, 0.15) is 4.90 Å². The number of nitrogens with zero attached hydrogens (tertiary/aromatic N) is 1. The number of nitrogens with one attached hydrogen (secondary N) is 1. The minimum absolute atomic E-state index is 0.157. The molecule has 19 heavy (non-hydrogen) atoms. The average molecular weight is 284 g/mol. The minimum Gasteiger partial charge on any atom is -0.366 e. The number of hydrogen-bond donors (Lipinski definition) is 1. The summed E-state index contributed by atoms with van der Waals surface area (Å²) in [4.78, 5) is 14.2. The lowest BCUT2D eigenvalue weighted by Gasteiger charge is -2.38. The van der Waals surface area contributed by atoms with Crippen LogP contribution in [0, 0.1) is 5.41 Å². The Balaban J connectivity index is 2.24. The van der Waals surface area contributed by atoms with Crippen molar-refractivity contribution in [2.45, 2.75) is 38.0 Å². The van der Waals surface area contributed by atoms with Gasteiger partial charge in [-0.05, 0) is 18.3 Å². The van der Waals surface area contributed by atoms with Crippen LogP contribution in [-0.4, -0.2) is 30.8 Å². The fourth-order valence-corrected chi connectivity index (χ4v) is 3.84. The van der Waals surface area contributed by atoms with Crippen molar-refractivity contribution in [1.29, 1.82) is 0 Å². The molecular weight excluding hydrogens is 264 g/mol. The van der Waals surface area contributed by atoms with Crippen LogP contribution in [0.5, 0.6) is 0 Å². The lowest BCUT2D eigenvalue weighted by atomic mass is 9.79. The molecule has 0 radical (unpaired) electrons. The Morgan fingerprint density at radius 3 is 2.53 bits per heavy atom. The van der Waals surface area contributed by atoms with E-state index in [2.05, 4.69) is 18.8 Å².